The summed E-state index contributed by atoms with van der Waals surface area (Å²) in [6.07, 6.45) is 0.324. The zero-order valence-electron chi connectivity index (χ0n) is 8.44. The molecule has 3 heteroatoms. The van der Waals surface area contributed by atoms with E-state index in [0.717, 1.165) is 11.3 Å². The molecule has 0 aromatic heterocycles. The van der Waals surface area contributed by atoms with Gasteiger partial charge in [0.25, 0.3) is 0 Å². The van der Waals surface area contributed by atoms with Crippen molar-refractivity contribution in [3.05, 3.63) is 29.8 Å². The number of ether oxygens (including phenoxy) is 1. The van der Waals surface area contributed by atoms with Gasteiger partial charge in [-0.25, -0.2) is 0 Å². The lowest BCUT2D eigenvalue weighted by molar-refractivity contribution is 0.104. The first kappa shape index (κ1) is 11.0. The molecule has 0 fully saturated rings. The van der Waals surface area contributed by atoms with Crippen LogP contribution in [-0.4, -0.2) is 17.8 Å². The maximum Gasteiger partial charge on any atom is 0.119 e. The lowest BCUT2D eigenvalue weighted by Crippen LogP contribution is -2.15. The summed E-state index contributed by atoms with van der Waals surface area (Å²) in [6.45, 7) is 2.81. The monoisotopic (exact) mass is 195 g/mol. The van der Waals surface area contributed by atoms with E-state index in [9.17, 15) is 5.11 Å². The van der Waals surface area contributed by atoms with Crippen LogP contribution in [0, 0.1) is 0 Å². The molecule has 0 spiro atoms. The van der Waals surface area contributed by atoms with Crippen molar-refractivity contribution in [2.24, 2.45) is 5.73 Å². The maximum atomic E-state index is 9.28. The minimum absolute atomic E-state index is 0.346. The standard InChI is InChI=1S/C11H17NO2/c1-2-10(13)8-14-11-5-3-9(7-12)4-6-11/h3-6,10,13H,2,7-8,12H2,1H3. The second-order valence-corrected chi connectivity index (χ2v) is 3.22. The van der Waals surface area contributed by atoms with Crippen LogP contribution in [0.2, 0.25) is 0 Å². The van der Waals surface area contributed by atoms with Gasteiger partial charge >= 0.3 is 0 Å². The Morgan fingerprint density at radius 1 is 1.36 bits per heavy atom. The normalized spacial score (nSPS) is 12.5. The molecule has 78 valence electrons. The van der Waals surface area contributed by atoms with E-state index < -0.39 is 0 Å². The molecule has 3 N–H and O–H groups in total. The summed E-state index contributed by atoms with van der Waals surface area (Å²) in [5.41, 5.74) is 6.54. The highest BCUT2D eigenvalue weighted by Crippen LogP contribution is 2.12. The van der Waals surface area contributed by atoms with Gasteiger partial charge in [0, 0.05) is 6.54 Å². The van der Waals surface area contributed by atoms with E-state index in [2.05, 4.69) is 0 Å². The van der Waals surface area contributed by atoms with Crippen molar-refractivity contribution in [3.8, 4) is 5.75 Å². The highest BCUT2D eigenvalue weighted by atomic mass is 16.5. The number of aliphatic hydroxyl groups is 1. The molecule has 0 radical (unpaired) electrons. The van der Waals surface area contributed by atoms with Crippen molar-refractivity contribution in [3.63, 3.8) is 0 Å². The molecule has 0 aliphatic rings. The third-order valence-electron chi connectivity index (χ3n) is 2.07. The molecular weight excluding hydrogens is 178 g/mol. The van der Waals surface area contributed by atoms with Crippen LogP contribution in [0.5, 0.6) is 5.75 Å². The summed E-state index contributed by atoms with van der Waals surface area (Å²) in [7, 11) is 0. The first-order chi connectivity index (χ1) is 6.76. The molecule has 1 aromatic carbocycles. The van der Waals surface area contributed by atoms with E-state index in [4.69, 9.17) is 10.5 Å². The molecule has 1 atom stereocenters. The number of benzene rings is 1. The van der Waals surface area contributed by atoms with Crippen LogP contribution >= 0.6 is 0 Å². The smallest absolute Gasteiger partial charge is 0.119 e. The van der Waals surface area contributed by atoms with Crippen molar-refractivity contribution in [1.82, 2.24) is 0 Å². The third-order valence-corrected chi connectivity index (χ3v) is 2.07. The summed E-state index contributed by atoms with van der Waals surface area (Å²) >= 11 is 0. The van der Waals surface area contributed by atoms with Crippen LogP contribution in [0.25, 0.3) is 0 Å². The summed E-state index contributed by atoms with van der Waals surface area (Å²) < 4.78 is 5.37. The third kappa shape index (κ3) is 3.36. The molecule has 0 aliphatic heterocycles. The van der Waals surface area contributed by atoms with Gasteiger partial charge in [-0.1, -0.05) is 19.1 Å². The second-order valence-electron chi connectivity index (χ2n) is 3.22. The first-order valence-electron chi connectivity index (χ1n) is 4.86. The quantitative estimate of drug-likeness (QED) is 0.744. The second kappa shape index (κ2) is 5.62. The summed E-state index contributed by atoms with van der Waals surface area (Å²) in [5, 5.41) is 9.28. The molecule has 0 bridgehead atoms. The predicted molar refractivity (Wildman–Crippen MR) is 56.1 cm³/mol. The Morgan fingerprint density at radius 2 is 2.00 bits per heavy atom. The van der Waals surface area contributed by atoms with Crippen molar-refractivity contribution in [2.75, 3.05) is 6.61 Å². The van der Waals surface area contributed by atoms with E-state index in [0.29, 0.717) is 19.6 Å². The van der Waals surface area contributed by atoms with Gasteiger partial charge in [-0.05, 0) is 24.1 Å². The zero-order chi connectivity index (χ0) is 10.4. The van der Waals surface area contributed by atoms with Crippen molar-refractivity contribution < 1.29 is 9.84 Å². The van der Waals surface area contributed by atoms with Gasteiger partial charge in [0.05, 0.1) is 6.10 Å². The Bertz CT molecular complexity index is 258. The van der Waals surface area contributed by atoms with E-state index in [1.165, 1.54) is 0 Å². The van der Waals surface area contributed by atoms with Gasteiger partial charge < -0.3 is 15.6 Å². The zero-order valence-corrected chi connectivity index (χ0v) is 8.44. The van der Waals surface area contributed by atoms with Crippen LogP contribution in [0.3, 0.4) is 0 Å². The van der Waals surface area contributed by atoms with Crippen LogP contribution < -0.4 is 10.5 Å². The lowest BCUT2D eigenvalue weighted by Gasteiger charge is -2.10. The molecular formula is C11H17NO2. The molecule has 0 aliphatic carbocycles. The van der Waals surface area contributed by atoms with E-state index >= 15 is 0 Å². The SMILES string of the molecule is CCC(O)COc1ccc(CN)cc1. The lowest BCUT2D eigenvalue weighted by atomic mass is 10.2. The minimum atomic E-state index is -0.385. The van der Waals surface area contributed by atoms with Crippen LogP contribution in [0.15, 0.2) is 24.3 Å². The molecule has 1 aromatic rings. The Hall–Kier alpha value is -1.06. The molecule has 3 nitrogen and oxygen atoms in total. The number of hydrogen-bond donors (Lipinski definition) is 2. The number of aliphatic hydroxyl groups excluding tert-OH is 1. The molecule has 1 rings (SSSR count). The van der Waals surface area contributed by atoms with Crippen LogP contribution in [0.1, 0.15) is 18.9 Å². The number of nitrogens with two attached hydrogens (primary N) is 1. The molecule has 14 heavy (non-hydrogen) atoms. The maximum absolute atomic E-state index is 9.28. The van der Waals surface area contributed by atoms with Crippen molar-refractivity contribution in [2.45, 2.75) is 26.0 Å². The molecule has 0 saturated heterocycles. The minimum Gasteiger partial charge on any atom is -0.491 e. The Balaban J connectivity index is 2.43. The first-order valence-corrected chi connectivity index (χ1v) is 4.86. The average molecular weight is 195 g/mol. The van der Waals surface area contributed by atoms with Gasteiger partial charge in [-0.15, -0.1) is 0 Å². The number of rotatable bonds is 5. The van der Waals surface area contributed by atoms with E-state index in [-0.39, 0.29) is 6.10 Å². The highest BCUT2D eigenvalue weighted by molar-refractivity contribution is 5.27. The predicted octanol–water partition coefficient (Wildman–Crippen LogP) is 1.29. The molecule has 0 amide bonds. The summed E-state index contributed by atoms with van der Waals surface area (Å²) in [6, 6.07) is 7.58. The van der Waals surface area contributed by atoms with Gasteiger partial charge in [0.15, 0.2) is 0 Å². The Morgan fingerprint density at radius 3 is 2.50 bits per heavy atom. The van der Waals surface area contributed by atoms with E-state index in [1.807, 2.05) is 31.2 Å². The Kier molecular flexibility index (Phi) is 4.43. The van der Waals surface area contributed by atoms with Crippen molar-refractivity contribution >= 4 is 0 Å². The fraction of sp³-hybridized carbons (Fsp3) is 0.455. The summed E-state index contributed by atoms with van der Waals surface area (Å²) in [5.74, 6) is 0.773. The molecule has 0 saturated carbocycles. The molecule has 0 heterocycles. The molecule has 1 unspecified atom stereocenters. The van der Waals surface area contributed by atoms with Crippen molar-refractivity contribution in [1.29, 1.82) is 0 Å². The Labute approximate surface area is 84.5 Å². The fourth-order valence-electron chi connectivity index (χ4n) is 1.03. The average Bonchev–Trinajstić information content (AvgIpc) is 2.26. The summed E-state index contributed by atoms with van der Waals surface area (Å²) in [4.78, 5) is 0. The van der Waals surface area contributed by atoms with Gasteiger partial charge in [0.2, 0.25) is 0 Å². The van der Waals surface area contributed by atoms with Gasteiger partial charge in [-0.3, -0.25) is 0 Å². The highest BCUT2D eigenvalue weighted by Gasteiger charge is 2.01. The fourth-order valence-corrected chi connectivity index (χ4v) is 1.03. The van der Waals surface area contributed by atoms with Gasteiger partial charge in [0.1, 0.15) is 12.4 Å². The topological polar surface area (TPSA) is 55.5 Å². The van der Waals surface area contributed by atoms with Gasteiger partial charge in [-0.2, -0.15) is 0 Å². The van der Waals surface area contributed by atoms with E-state index in [1.54, 1.807) is 0 Å². The number of hydrogen-bond acceptors (Lipinski definition) is 3. The largest absolute Gasteiger partial charge is 0.491 e. The van der Waals surface area contributed by atoms with Crippen LogP contribution in [-0.2, 0) is 6.54 Å². The van der Waals surface area contributed by atoms with Crippen LogP contribution in [0.4, 0.5) is 0 Å².